The van der Waals surface area contributed by atoms with Crippen molar-refractivity contribution >= 4 is 28.7 Å². The van der Waals surface area contributed by atoms with Crippen LogP contribution in [0.25, 0.3) is 33.7 Å². The van der Waals surface area contributed by atoms with Crippen LogP contribution >= 0.6 is 11.6 Å². The molecule has 4 aliphatic rings. The lowest BCUT2D eigenvalue weighted by Gasteiger charge is -2.24. The smallest absolute Gasteiger partial charge is 0.310 e. The van der Waals surface area contributed by atoms with Crippen molar-refractivity contribution in [1.29, 1.82) is 5.26 Å². The number of aliphatic hydroxyl groups excluding tert-OH is 1. The Labute approximate surface area is 324 Å². The number of carbonyl (C=O) groups is 1. The molecule has 2 fully saturated rings. The van der Waals surface area contributed by atoms with Gasteiger partial charge in [-0.15, -0.1) is 0 Å². The minimum absolute atomic E-state index is 0.106. The second kappa shape index (κ2) is 14.6. The zero-order valence-electron chi connectivity index (χ0n) is 30.9. The van der Waals surface area contributed by atoms with E-state index in [1.165, 1.54) is 12.7 Å². The van der Waals surface area contributed by atoms with Crippen LogP contribution in [0.1, 0.15) is 71.2 Å². The number of likely N-dealkylation sites (tertiary alicyclic amines) is 2. The van der Waals surface area contributed by atoms with Crippen molar-refractivity contribution in [3.63, 3.8) is 0 Å². The van der Waals surface area contributed by atoms with Crippen molar-refractivity contribution in [3.8, 4) is 40.4 Å². The maximum atomic E-state index is 12.2. The first kappa shape index (κ1) is 35.7. The minimum atomic E-state index is -0.286. The van der Waals surface area contributed by atoms with Crippen LogP contribution in [0.4, 0.5) is 0 Å². The number of hydrogen-bond donors (Lipinski definition) is 1. The standard InChI is InChI=1S/C43H42ClN5O6/c1-52-41-24(21-48-17-16-26(50)23-48)9-14-38(47-41)54-37-13-11-28-27(5-3-6-30(28)37)31-7-4-8-32(39(31)44)42-46-35-19-33-29(34(20-45)40(35)55-42)10-12-36(33)49-18-15-25(22-49)43(51)53-2/h3-9,14,19,25-26,36-37,50H,10-13,15-18,21-23H2,1-2H3/t25-,26-,36?,37+/m1/s1. The lowest BCUT2D eigenvalue weighted by molar-refractivity contribution is -0.145. The van der Waals surface area contributed by atoms with Gasteiger partial charge in [-0.1, -0.05) is 41.9 Å². The van der Waals surface area contributed by atoms with Crippen LogP contribution in [0.15, 0.2) is 59.0 Å². The summed E-state index contributed by atoms with van der Waals surface area (Å²) in [5.41, 5.74) is 9.46. The second-order valence-electron chi connectivity index (χ2n) is 15.0. The van der Waals surface area contributed by atoms with Crippen molar-refractivity contribution in [2.24, 2.45) is 5.92 Å². The number of aliphatic hydroxyl groups is 1. The number of β-amino-alcohol motifs (C(OH)–C–C–N with tert-alkyl or cyclic N) is 1. The number of methoxy groups -OCH3 is 2. The van der Waals surface area contributed by atoms with Crippen LogP contribution in [-0.2, 0) is 28.9 Å². The molecule has 4 atom stereocenters. The highest BCUT2D eigenvalue weighted by molar-refractivity contribution is 6.36. The topological polar surface area (TPSA) is 134 Å². The quantitative estimate of drug-likeness (QED) is 0.153. The fraction of sp³-hybridized carbons (Fsp3) is 0.395. The summed E-state index contributed by atoms with van der Waals surface area (Å²) >= 11 is 7.24. The number of nitriles is 1. The predicted octanol–water partition coefficient (Wildman–Crippen LogP) is 7.21. The number of aromatic nitrogens is 2. The van der Waals surface area contributed by atoms with Gasteiger partial charge in [-0.2, -0.15) is 10.2 Å². The lowest BCUT2D eigenvalue weighted by atomic mass is 9.95. The van der Waals surface area contributed by atoms with E-state index >= 15 is 0 Å². The first-order valence-corrected chi connectivity index (χ1v) is 19.4. The Kier molecular flexibility index (Phi) is 9.47. The van der Waals surface area contributed by atoms with Gasteiger partial charge in [0, 0.05) is 49.4 Å². The summed E-state index contributed by atoms with van der Waals surface area (Å²) in [4.78, 5) is 26.4. The summed E-state index contributed by atoms with van der Waals surface area (Å²) < 4.78 is 23.6. The summed E-state index contributed by atoms with van der Waals surface area (Å²) in [6.45, 7) is 3.60. The molecular weight excluding hydrogens is 718 g/mol. The fourth-order valence-corrected chi connectivity index (χ4v) is 9.53. The van der Waals surface area contributed by atoms with E-state index in [1.54, 1.807) is 7.11 Å². The third-order valence-corrected chi connectivity index (χ3v) is 12.3. The third-order valence-electron chi connectivity index (χ3n) is 11.9. The van der Waals surface area contributed by atoms with Crippen LogP contribution in [0.3, 0.4) is 0 Å². The molecule has 2 aliphatic carbocycles. The Hall–Kier alpha value is -4.99. The van der Waals surface area contributed by atoms with Crippen LogP contribution in [0.2, 0.25) is 5.02 Å². The first-order chi connectivity index (χ1) is 26.8. The van der Waals surface area contributed by atoms with Gasteiger partial charge in [0.2, 0.25) is 17.7 Å². The van der Waals surface area contributed by atoms with Gasteiger partial charge in [0.1, 0.15) is 23.3 Å². The van der Waals surface area contributed by atoms with Crippen LogP contribution in [0.5, 0.6) is 11.8 Å². The number of ether oxygens (including phenoxy) is 3. The average molecular weight is 760 g/mol. The second-order valence-corrected chi connectivity index (χ2v) is 15.4. The van der Waals surface area contributed by atoms with Crippen molar-refractivity contribution in [2.45, 2.75) is 63.3 Å². The third kappa shape index (κ3) is 6.41. The van der Waals surface area contributed by atoms with E-state index < -0.39 is 0 Å². The Morgan fingerprint density at radius 1 is 0.964 bits per heavy atom. The van der Waals surface area contributed by atoms with E-state index in [2.05, 4.69) is 34.1 Å². The molecule has 2 aromatic heterocycles. The van der Waals surface area contributed by atoms with Crippen molar-refractivity contribution in [3.05, 3.63) is 93.0 Å². The maximum Gasteiger partial charge on any atom is 0.310 e. The molecular formula is C43H42ClN5O6. The first-order valence-electron chi connectivity index (χ1n) is 19.0. The zero-order valence-corrected chi connectivity index (χ0v) is 31.6. The zero-order chi connectivity index (χ0) is 37.8. The van der Waals surface area contributed by atoms with Crippen LogP contribution < -0.4 is 9.47 Å². The number of nitrogens with zero attached hydrogens (tertiary/aromatic N) is 5. The molecule has 4 heterocycles. The fourth-order valence-electron chi connectivity index (χ4n) is 9.22. The molecule has 3 aromatic carbocycles. The molecule has 0 amide bonds. The minimum Gasteiger partial charge on any atom is -0.481 e. The van der Waals surface area contributed by atoms with E-state index in [-0.39, 0.29) is 30.1 Å². The molecule has 9 rings (SSSR count). The number of pyridine rings is 1. The molecule has 0 bridgehead atoms. The molecule has 1 unspecified atom stereocenters. The molecule has 2 saturated heterocycles. The van der Waals surface area contributed by atoms with E-state index in [0.29, 0.717) is 64.5 Å². The van der Waals surface area contributed by atoms with E-state index in [4.69, 9.17) is 40.2 Å². The summed E-state index contributed by atoms with van der Waals surface area (Å²) in [5.74, 6) is 1.09. The van der Waals surface area contributed by atoms with Gasteiger partial charge < -0.3 is 23.7 Å². The van der Waals surface area contributed by atoms with Gasteiger partial charge in [-0.05, 0) is 91.1 Å². The molecule has 12 heteroatoms. The van der Waals surface area contributed by atoms with Crippen LogP contribution in [0, 0.1) is 17.2 Å². The number of halogens is 1. The lowest BCUT2D eigenvalue weighted by Crippen LogP contribution is -2.27. The Morgan fingerprint density at radius 3 is 2.58 bits per heavy atom. The Bertz CT molecular complexity index is 2350. The number of benzene rings is 3. The summed E-state index contributed by atoms with van der Waals surface area (Å²) in [6, 6.07) is 20.6. The highest BCUT2D eigenvalue weighted by Crippen LogP contribution is 2.46. The van der Waals surface area contributed by atoms with Gasteiger partial charge in [-0.3, -0.25) is 14.6 Å². The number of rotatable bonds is 9. The monoisotopic (exact) mass is 759 g/mol. The van der Waals surface area contributed by atoms with E-state index in [9.17, 15) is 15.2 Å². The highest BCUT2D eigenvalue weighted by Gasteiger charge is 2.38. The average Bonchev–Trinajstić information content (AvgIpc) is 4.05. The number of carbonyl (C=O) groups excluding carboxylic acids is 1. The van der Waals surface area contributed by atoms with Gasteiger partial charge in [0.15, 0.2) is 5.58 Å². The molecule has 1 N–H and O–H groups in total. The van der Waals surface area contributed by atoms with E-state index in [1.807, 2.05) is 36.4 Å². The van der Waals surface area contributed by atoms with Gasteiger partial charge in [-0.25, -0.2) is 4.98 Å². The normalized spacial score (nSPS) is 22.2. The molecule has 0 radical (unpaired) electrons. The number of fused-ring (bicyclic) bond motifs is 3. The Morgan fingerprint density at radius 2 is 1.78 bits per heavy atom. The van der Waals surface area contributed by atoms with Crippen molar-refractivity contribution in [2.75, 3.05) is 40.4 Å². The molecule has 55 heavy (non-hydrogen) atoms. The molecule has 11 nitrogen and oxygen atoms in total. The van der Waals surface area contributed by atoms with Gasteiger partial charge in [0.05, 0.1) is 36.8 Å². The number of hydrogen-bond acceptors (Lipinski definition) is 11. The molecule has 0 saturated carbocycles. The maximum absolute atomic E-state index is 12.2. The number of esters is 1. The van der Waals surface area contributed by atoms with Gasteiger partial charge in [0.25, 0.3) is 0 Å². The molecule has 5 aromatic rings. The number of oxazole rings is 1. The summed E-state index contributed by atoms with van der Waals surface area (Å²) in [5, 5.41) is 20.8. The van der Waals surface area contributed by atoms with Crippen molar-refractivity contribution < 1.29 is 28.5 Å². The molecule has 282 valence electrons. The van der Waals surface area contributed by atoms with Gasteiger partial charge >= 0.3 is 5.97 Å². The van der Waals surface area contributed by atoms with Crippen LogP contribution in [-0.4, -0.2) is 77.3 Å². The summed E-state index contributed by atoms with van der Waals surface area (Å²) in [7, 11) is 3.06. The predicted molar refractivity (Wildman–Crippen MR) is 206 cm³/mol. The Balaban J connectivity index is 0.984. The van der Waals surface area contributed by atoms with Crippen molar-refractivity contribution in [1.82, 2.24) is 19.8 Å². The highest BCUT2D eigenvalue weighted by atomic mass is 35.5. The summed E-state index contributed by atoms with van der Waals surface area (Å²) in [6.07, 6.45) is 4.30. The molecule has 2 aliphatic heterocycles. The van der Waals surface area contributed by atoms with E-state index in [0.717, 1.165) is 85.0 Å². The SMILES string of the molecule is COC(=O)[C@@H]1CCN(C2CCc3c2cc2nc(-c4cccc(-c5cccc6c5CC[C@@H]6Oc5ccc(CN6CC[C@@H](O)C6)c(OC)n5)c4Cl)oc2c3C#N)C1. The molecule has 0 spiro atoms. The largest absolute Gasteiger partial charge is 0.481 e.